The van der Waals surface area contributed by atoms with Gasteiger partial charge in [-0.3, -0.25) is 36.7 Å². The molecule has 370 valence electrons. The second-order valence-electron chi connectivity index (χ2n) is 9.80. The monoisotopic (exact) mass is 1180 g/mol. The molecule has 0 spiro atoms. The van der Waals surface area contributed by atoms with E-state index < -0.39 is 53.1 Å². The highest BCUT2D eigenvalue weighted by Gasteiger charge is 2.23. The van der Waals surface area contributed by atoms with Crippen molar-refractivity contribution < 1.29 is 103 Å². The summed E-state index contributed by atoms with van der Waals surface area (Å²) < 4.78 is 119. The van der Waals surface area contributed by atoms with E-state index in [1.165, 1.54) is 64.8 Å². The molecule has 0 heterocycles. The Bertz CT molecular complexity index is 1720. The van der Waals surface area contributed by atoms with Gasteiger partial charge in [0.05, 0.1) is 27.6 Å². The average molecular weight is 1180 g/mol. The zero-order valence-electron chi connectivity index (χ0n) is 33.9. The third-order valence-corrected chi connectivity index (χ3v) is 19.5. The van der Waals surface area contributed by atoms with E-state index in [9.17, 15) is 76.0 Å². The van der Waals surface area contributed by atoms with Crippen molar-refractivity contribution in [3.05, 3.63) is 0 Å². The largest absolute Gasteiger partial charge is 0.790 e. The Hall–Kier alpha value is 2.27. The zero-order chi connectivity index (χ0) is 49.1. The van der Waals surface area contributed by atoms with Gasteiger partial charge in [-0.1, -0.05) is 79.6 Å². The predicted octanol–water partition coefficient (Wildman–Crippen LogP) is 4.98. The van der Waals surface area contributed by atoms with E-state index in [0.717, 1.165) is 0 Å². The quantitative estimate of drug-likeness (QED) is 0.0475. The number of amides is 3. The normalized spacial score (nSPS) is 17.1. The van der Waals surface area contributed by atoms with Gasteiger partial charge < -0.3 is 61.5 Å². The molecular formula is C22H47N3O22P9S6-7. The molecule has 0 aromatic rings. The summed E-state index contributed by atoms with van der Waals surface area (Å²) in [6.45, 7) is 0.322. The van der Waals surface area contributed by atoms with Crippen LogP contribution in [-0.2, 0) is 68.3 Å². The summed E-state index contributed by atoms with van der Waals surface area (Å²) in [7, 11) is -21.8. The molecule has 5 unspecified atom stereocenters. The lowest BCUT2D eigenvalue weighted by Crippen LogP contribution is -2.17. The van der Waals surface area contributed by atoms with Crippen LogP contribution in [0.3, 0.4) is 0 Å². The summed E-state index contributed by atoms with van der Waals surface area (Å²) >= 11 is 0. The Morgan fingerprint density at radius 3 is 1.05 bits per heavy atom. The highest BCUT2D eigenvalue weighted by atomic mass is 33.1. The van der Waals surface area contributed by atoms with Crippen molar-refractivity contribution in [2.24, 2.45) is 14.2 Å². The van der Waals surface area contributed by atoms with Gasteiger partial charge in [-0.15, -0.1) is 0 Å². The molecule has 25 nitrogen and oxygen atoms in total. The first-order chi connectivity index (χ1) is 29.0. The smallest absolute Gasteiger partial charge is 0.279 e. The zero-order valence-corrected chi connectivity index (χ0v) is 43.9. The highest BCUT2D eigenvalue weighted by molar-refractivity contribution is 8.77. The van der Waals surface area contributed by atoms with E-state index in [0.29, 0.717) is 67.8 Å². The summed E-state index contributed by atoms with van der Waals surface area (Å²) in [5.41, 5.74) is 0. The molecule has 0 radical (unpaired) electrons. The van der Waals surface area contributed by atoms with Gasteiger partial charge in [0.2, 0.25) is 17.7 Å². The maximum Gasteiger partial charge on any atom is 0.279 e. The minimum absolute atomic E-state index is 0. The Kier molecular flexibility index (Phi) is 44.0. The van der Waals surface area contributed by atoms with E-state index >= 15 is 0 Å². The van der Waals surface area contributed by atoms with Crippen LogP contribution >= 0.6 is 138 Å². The fourth-order valence-electron chi connectivity index (χ4n) is 2.45. The minimum atomic E-state index is -5.61. The van der Waals surface area contributed by atoms with E-state index in [4.69, 9.17) is 3.84 Å². The molecule has 0 aromatic carbocycles. The number of hydrogen-bond acceptors (Lipinski definition) is 28. The molecule has 0 saturated heterocycles. The molecule has 0 N–H and O–H groups in total. The molecule has 62 heavy (non-hydrogen) atoms. The maximum absolute atomic E-state index is 11.3. The Balaban J connectivity index is -0.000000278. The summed E-state index contributed by atoms with van der Waals surface area (Å²) in [6, 6.07) is 0. The third-order valence-electron chi connectivity index (χ3n) is 4.38. The minimum Gasteiger partial charge on any atom is -0.790 e. The summed E-state index contributed by atoms with van der Waals surface area (Å²) in [4.78, 5) is 108. The Morgan fingerprint density at radius 1 is 0.484 bits per heavy atom. The fourth-order valence-corrected chi connectivity index (χ4v) is 14.5. The number of phosphoric ester groups is 3. The molecule has 0 aliphatic carbocycles. The van der Waals surface area contributed by atoms with Gasteiger partial charge in [0.15, 0.2) is 0 Å². The summed E-state index contributed by atoms with van der Waals surface area (Å²) in [5, 5.41) is 0. The van der Waals surface area contributed by atoms with E-state index in [1.54, 1.807) is 0 Å². The molecular weight excluding hydrogens is 1130 g/mol. The van der Waals surface area contributed by atoms with Crippen LogP contribution in [0.4, 0.5) is 0 Å². The van der Waals surface area contributed by atoms with Crippen molar-refractivity contribution in [2.75, 3.05) is 67.7 Å². The van der Waals surface area contributed by atoms with Crippen LogP contribution < -0.4 is 34.3 Å². The number of carbonyl (C=O) groups is 3. The number of hydrogen-bond donors (Lipinski definition) is 0. The lowest BCUT2D eigenvalue weighted by Gasteiger charge is -2.33. The molecule has 0 saturated carbocycles. The fraction of sp³-hybridized carbons (Fsp3) is 0.864. The van der Waals surface area contributed by atoms with Crippen LogP contribution in [0.1, 0.15) is 53.4 Å². The standard InChI is InChI=1S/C7H17NO10P4S2.C7H16NO7P3S2.C6H13NO5P2S2.2CH4/c1-20(10,11)17-22(14,15)18-21(12,13)16-4-6-24-23-5-2-3-7(9)8-19;1-17(10,11)15-18(12,13)14-4-6-20-19-5-2-3-7(9)8-16;8-6(7-13)2-1-4-15-16-5-3-12-14(9,10)11;;/h19H,2-6H2,1H3,(H,10,11)(H,12,13)(H,14,15);16H,2-6H2,1H3,(H,10,11)(H,12,13);13H,1-5H2,(H2,9,10,11);2*1H4/p-7/i19T;16T;13T;;. The molecule has 0 aliphatic rings. The first-order valence-electron chi connectivity index (χ1n) is 16.8. The molecule has 5 atom stereocenters. The molecule has 40 heteroatoms. The lowest BCUT2D eigenvalue weighted by atomic mass is 10.3. The Labute approximate surface area is 395 Å². The van der Waals surface area contributed by atoms with Crippen molar-refractivity contribution in [1.82, 2.24) is 0 Å². The van der Waals surface area contributed by atoms with Crippen molar-refractivity contribution in [3.8, 4) is 0 Å². The van der Waals surface area contributed by atoms with Crippen LogP contribution in [0, 0.1) is 0 Å². The predicted molar refractivity (Wildman–Crippen MR) is 242 cm³/mol. The van der Waals surface area contributed by atoms with Crippen molar-refractivity contribution >= 4 is 156 Å². The van der Waals surface area contributed by atoms with E-state index in [-0.39, 0.29) is 91.3 Å². The van der Waals surface area contributed by atoms with Crippen LogP contribution in [0.25, 0.3) is 0 Å². The maximum atomic E-state index is 11.3. The second kappa shape index (κ2) is 41.1. The van der Waals surface area contributed by atoms with Crippen molar-refractivity contribution in [2.45, 2.75) is 53.4 Å². The van der Waals surface area contributed by atoms with Gasteiger partial charge in [0, 0.05) is 67.1 Å². The highest BCUT2D eigenvalue weighted by Crippen LogP contribution is 2.61. The van der Waals surface area contributed by atoms with Crippen LogP contribution in [-0.4, -0.2) is 89.2 Å². The summed E-state index contributed by atoms with van der Waals surface area (Å²) in [6.07, 6.45) is 2.58. The molecule has 3 amide bonds. The van der Waals surface area contributed by atoms with E-state index in [2.05, 4.69) is 40.7 Å². The van der Waals surface area contributed by atoms with Gasteiger partial charge in [-0.05, 0) is 46.2 Å². The SMILES string of the molecule is C.C.[3H]P=NC(=O)CCCSSCCOP(=O)([O-])OP(=O)([O-])OP(C)(=O)[O-].[3H]P=NC(=O)CCCSSCCOP(=O)([O-])OP(C)(=O)[O-].[3H]P=NC(=O)CCCSSCCOP(=O)([O-])[O-]. The van der Waals surface area contributed by atoms with Gasteiger partial charge in [-0.25, -0.2) is 18.5 Å². The van der Waals surface area contributed by atoms with Gasteiger partial charge in [0.25, 0.3) is 23.5 Å². The molecule has 0 aliphatic heterocycles. The van der Waals surface area contributed by atoms with Crippen molar-refractivity contribution in [3.63, 3.8) is 0 Å². The average Bonchev–Trinajstić information content (AvgIpc) is 3.09. The Morgan fingerprint density at radius 2 is 0.758 bits per heavy atom. The second-order valence-corrected chi connectivity index (χ2v) is 27.9. The molecule has 0 aromatic heterocycles. The summed E-state index contributed by atoms with van der Waals surface area (Å²) in [5.74, 6) is 1.85. The molecule has 0 bridgehead atoms. The first kappa shape index (κ1) is 66.4. The number of carbonyl (C=O) groups excluding carboxylic acids is 3. The number of rotatable bonds is 33. The molecule has 0 rings (SSSR count). The van der Waals surface area contributed by atoms with Gasteiger partial charge >= 0.3 is 0 Å². The number of nitrogens with zero attached hydrogens (tertiary/aromatic N) is 3. The first-order valence-corrected chi connectivity index (χ1v) is 33.9. The van der Waals surface area contributed by atoms with Crippen LogP contribution in [0.15, 0.2) is 14.2 Å². The molecule has 0 fully saturated rings. The third kappa shape index (κ3) is 60.3. The lowest BCUT2D eigenvalue weighted by molar-refractivity contribution is -0.341. The van der Waals surface area contributed by atoms with Crippen LogP contribution in [0.5, 0.6) is 0 Å². The van der Waals surface area contributed by atoms with Crippen molar-refractivity contribution in [1.29, 1.82) is 3.84 Å². The van der Waals surface area contributed by atoms with E-state index in [1.807, 2.05) is 0 Å². The topological polar surface area (TPSA) is 408 Å². The number of phosphoric acid groups is 4. The van der Waals surface area contributed by atoms with Crippen LogP contribution in [0.2, 0.25) is 0 Å². The van der Waals surface area contributed by atoms with Gasteiger partial charge in [0.1, 0.15) is 19.0 Å². The van der Waals surface area contributed by atoms with Gasteiger partial charge in [-0.2, -0.15) is 0 Å².